The Hall–Kier alpha value is -0.200. The number of hydrogen-bond donors (Lipinski definition) is 1. The first-order chi connectivity index (χ1) is 7.56. The highest BCUT2D eigenvalue weighted by atomic mass is 79.9. The lowest BCUT2D eigenvalue weighted by atomic mass is 10.2. The van der Waals surface area contributed by atoms with E-state index in [1.807, 2.05) is 12.1 Å². The Morgan fingerprint density at radius 2 is 1.94 bits per heavy atom. The lowest BCUT2D eigenvalue weighted by Gasteiger charge is -2.09. The molecule has 0 radical (unpaired) electrons. The number of halogens is 3. The van der Waals surface area contributed by atoms with Crippen LogP contribution in [0.5, 0.6) is 0 Å². The zero-order valence-corrected chi connectivity index (χ0v) is 12.8. The van der Waals surface area contributed by atoms with Gasteiger partial charge in [-0.2, -0.15) is 0 Å². The zero-order valence-electron chi connectivity index (χ0n) is 8.04. The number of Topliss-reactive ketones (excluding diaryl/α,β-unsaturated/α-hetero) is 1. The molecule has 0 spiro atoms. The molecule has 1 amide bonds. The second-order valence-corrected chi connectivity index (χ2v) is 5.26. The van der Waals surface area contributed by atoms with E-state index in [1.165, 1.54) is 0 Å². The summed E-state index contributed by atoms with van der Waals surface area (Å²) < 4.78 is 0.773. The summed E-state index contributed by atoms with van der Waals surface area (Å²) in [6, 6.07) is 7.20. The van der Waals surface area contributed by atoms with E-state index in [0.29, 0.717) is 5.69 Å². The molecule has 0 bridgehead atoms. The van der Waals surface area contributed by atoms with Crippen molar-refractivity contribution in [3.63, 3.8) is 0 Å². The van der Waals surface area contributed by atoms with Crippen LogP contribution in [-0.4, -0.2) is 21.8 Å². The Kier molecular flexibility index (Phi) is 5.64. The van der Waals surface area contributed by atoms with Crippen molar-refractivity contribution in [3.05, 3.63) is 28.7 Å². The van der Waals surface area contributed by atoms with E-state index in [9.17, 15) is 9.59 Å². The predicted molar refractivity (Wildman–Crippen MR) is 74.3 cm³/mol. The molecule has 0 aliphatic carbocycles. The van der Waals surface area contributed by atoms with Crippen LogP contribution in [0.15, 0.2) is 28.7 Å². The summed E-state index contributed by atoms with van der Waals surface area (Å²) in [5.41, 5.74) is 0.638. The Balaban J connectivity index is 2.72. The normalized spacial score (nSPS) is 11.9. The van der Waals surface area contributed by atoms with Gasteiger partial charge in [-0.25, -0.2) is 0 Å². The number of ketones is 1. The number of nitrogens with one attached hydrogen (secondary N) is 1. The van der Waals surface area contributed by atoms with Crippen LogP contribution in [0.2, 0.25) is 0 Å². The summed E-state index contributed by atoms with van der Waals surface area (Å²) in [4.78, 5) is 22.1. The molecular formula is C10H8Br3NO2. The van der Waals surface area contributed by atoms with Crippen molar-refractivity contribution in [2.45, 2.75) is 4.83 Å². The number of rotatable bonds is 4. The van der Waals surface area contributed by atoms with Crippen molar-refractivity contribution in [2.24, 2.45) is 0 Å². The fourth-order valence-electron chi connectivity index (χ4n) is 0.973. The van der Waals surface area contributed by atoms with Crippen molar-refractivity contribution in [1.82, 2.24) is 0 Å². The number of para-hydroxylation sites is 1. The van der Waals surface area contributed by atoms with Gasteiger partial charge in [-0.1, -0.05) is 44.0 Å². The highest BCUT2D eigenvalue weighted by molar-refractivity contribution is 9.11. The Labute approximate surface area is 118 Å². The van der Waals surface area contributed by atoms with Crippen molar-refractivity contribution in [1.29, 1.82) is 0 Å². The number of anilines is 1. The molecule has 1 aromatic rings. The van der Waals surface area contributed by atoms with E-state index >= 15 is 0 Å². The smallest absolute Gasteiger partial charge is 0.245 e. The van der Waals surface area contributed by atoms with Gasteiger partial charge >= 0.3 is 0 Å². The Morgan fingerprint density at radius 1 is 1.31 bits per heavy atom. The zero-order chi connectivity index (χ0) is 12.1. The Morgan fingerprint density at radius 3 is 2.50 bits per heavy atom. The largest absolute Gasteiger partial charge is 0.324 e. The van der Waals surface area contributed by atoms with Crippen molar-refractivity contribution < 1.29 is 9.59 Å². The molecule has 0 fully saturated rings. The highest BCUT2D eigenvalue weighted by Crippen LogP contribution is 2.22. The number of carbonyl (C=O) groups is 2. The van der Waals surface area contributed by atoms with Gasteiger partial charge in [0.05, 0.1) is 11.0 Å². The standard InChI is InChI=1S/C10H8Br3NO2/c11-5-8(15)9(13)10(16)14-7-4-2-1-3-6(7)12/h1-4,9H,5H2,(H,14,16). The molecule has 6 heteroatoms. The molecule has 0 aromatic heterocycles. The fourth-order valence-corrected chi connectivity index (χ4v) is 2.39. The van der Waals surface area contributed by atoms with Gasteiger partial charge in [0.2, 0.25) is 5.91 Å². The van der Waals surface area contributed by atoms with Gasteiger partial charge in [0.15, 0.2) is 10.6 Å². The summed E-state index contributed by atoms with van der Waals surface area (Å²) in [5, 5.41) is 2.80. The average molecular weight is 414 g/mol. The average Bonchev–Trinajstić information content (AvgIpc) is 2.30. The van der Waals surface area contributed by atoms with Gasteiger partial charge < -0.3 is 5.32 Å². The SMILES string of the molecule is O=C(CBr)C(Br)C(=O)Nc1ccccc1Br. The van der Waals surface area contributed by atoms with Gasteiger partial charge in [0.1, 0.15) is 0 Å². The van der Waals surface area contributed by atoms with Crippen LogP contribution >= 0.6 is 47.8 Å². The number of carbonyl (C=O) groups excluding carboxylic acids is 2. The Bertz CT molecular complexity index is 409. The lowest BCUT2D eigenvalue weighted by molar-refractivity contribution is -0.123. The quantitative estimate of drug-likeness (QED) is 0.609. The molecule has 3 nitrogen and oxygen atoms in total. The molecule has 0 saturated heterocycles. The van der Waals surface area contributed by atoms with Crippen molar-refractivity contribution in [2.75, 3.05) is 10.6 Å². The molecule has 16 heavy (non-hydrogen) atoms. The molecule has 1 rings (SSSR count). The first-order valence-electron chi connectivity index (χ1n) is 4.34. The maximum Gasteiger partial charge on any atom is 0.245 e. The molecule has 1 aromatic carbocycles. The molecule has 0 heterocycles. The van der Waals surface area contributed by atoms with Crippen molar-refractivity contribution in [3.8, 4) is 0 Å². The molecule has 1 N–H and O–H groups in total. The molecule has 1 atom stereocenters. The molecule has 86 valence electrons. The van der Waals surface area contributed by atoms with E-state index in [1.54, 1.807) is 12.1 Å². The number of alkyl halides is 2. The third-order valence-corrected chi connectivity index (χ3v) is 3.95. The van der Waals surface area contributed by atoms with Crippen LogP contribution in [-0.2, 0) is 9.59 Å². The molecule has 1 unspecified atom stereocenters. The van der Waals surface area contributed by atoms with Crippen LogP contribution in [0.25, 0.3) is 0 Å². The topological polar surface area (TPSA) is 46.2 Å². The fraction of sp³-hybridized carbons (Fsp3) is 0.200. The van der Waals surface area contributed by atoms with Crippen LogP contribution < -0.4 is 5.32 Å². The van der Waals surface area contributed by atoms with Gasteiger partial charge in [-0.15, -0.1) is 0 Å². The van der Waals surface area contributed by atoms with Gasteiger partial charge in [-0.05, 0) is 28.1 Å². The second kappa shape index (κ2) is 6.51. The highest BCUT2D eigenvalue weighted by Gasteiger charge is 2.22. The van der Waals surface area contributed by atoms with E-state index in [2.05, 4.69) is 53.1 Å². The maximum absolute atomic E-state index is 11.6. The third kappa shape index (κ3) is 3.68. The van der Waals surface area contributed by atoms with E-state index < -0.39 is 4.83 Å². The molecule has 0 saturated carbocycles. The third-order valence-electron chi connectivity index (χ3n) is 1.78. The van der Waals surface area contributed by atoms with Crippen molar-refractivity contribution >= 4 is 65.2 Å². The van der Waals surface area contributed by atoms with Crippen LogP contribution in [0.1, 0.15) is 0 Å². The van der Waals surface area contributed by atoms with E-state index in [0.717, 1.165) is 4.47 Å². The van der Waals surface area contributed by atoms with Crippen LogP contribution in [0.3, 0.4) is 0 Å². The monoisotopic (exact) mass is 411 g/mol. The summed E-state index contributed by atoms with van der Waals surface area (Å²) in [7, 11) is 0. The van der Waals surface area contributed by atoms with E-state index in [-0.39, 0.29) is 17.0 Å². The van der Waals surface area contributed by atoms with Gasteiger partial charge in [0, 0.05) is 4.47 Å². The lowest BCUT2D eigenvalue weighted by Crippen LogP contribution is -2.30. The first-order valence-corrected chi connectivity index (χ1v) is 7.17. The summed E-state index contributed by atoms with van der Waals surface area (Å²) in [5.74, 6) is -0.596. The summed E-state index contributed by atoms with van der Waals surface area (Å²) >= 11 is 9.36. The van der Waals surface area contributed by atoms with Crippen LogP contribution in [0, 0.1) is 0 Å². The summed E-state index contributed by atoms with van der Waals surface area (Å²) in [6.45, 7) is 0. The first kappa shape index (κ1) is 13.9. The minimum Gasteiger partial charge on any atom is -0.324 e. The number of benzene rings is 1. The second-order valence-electron chi connectivity index (χ2n) is 2.93. The molecule has 0 aliphatic rings. The van der Waals surface area contributed by atoms with E-state index in [4.69, 9.17) is 0 Å². The minimum absolute atomic E-state index is 0.145. The predicted octanol–water partition coefficient (Wildman–Crippen LogP) is 3.12. The summed E-state index contributed by atoms with van der Waals surface area (Å²) in [6.07, 6.45) is 0. The molecule has 0 aliphatic heterocycles. The molecular weight excluding hydrogens is 406 g/mol. The maximum atomic E-state index is 11.6. The van der Waals surface area contributed by atoms with Crippen LogP contribution in [0.4, 0.5) is 5.69 Å². The number of hydrogen-bond acceptors (Lipinski definition) is 2. The van der Waals surface area contributed by atoms with Gasteiger partial charge in [0.25, 0.3) is 0 Å². The number of amides is 1. The minimum atomic E-state index is -0.834. The van der Waals surface area contributed by atoms with Gasteiger partial charge in [-0.3, -0.25) is 9.59 Å².